The van der Waals surface area contributed by atoms with Crippen molar-refractivity contribution in [2.45, 2.75) is 0 Å². The molecule has 0 radical (unpaired) electrons. The van der Waals surface area contributed by atoms with E-state index in [1.807, 2.05) is 0 Å². The molecule has 0 aliphatic carbocycles. The molecular weight excluding hydrogens is 279 g/mol. The zero-order valence-corrected chi connectivity index (χ0v) is 11.2. The fraction of sp³-hybridized carbons (Fsp3) is 0.167. The Balaban J connectivity index is 3.28. The molecule has 0 aromatic heterocycles. The molecule has 1 aromatic carbocycles. The Kier molecular flexibility index (Phi) is 5.19. The van der Waals surface area contributed by atoms with Gasteiger partial charge < -0.3 is 9.47 Å². The van der Waals surface area contributed by atoms with Gasteiger partial charge in [0.15, 0.2) is 0 Å². The van der Waals surface area contributed by atoms with E-state index in [1.165, 1.54) is 20.3 Å². The minimum absolute atomic E-state index is 0.240. The van der Waals surface area contributed by atoms with E-state index < -0.39 is 11.9 Å². The van der Waals surface area contributed by atoms with Crippen LogP contribution in [0, 0.1) is 0 Å². The SMILES string of the molecule is COC(=O)C(=Cc1cccc(Cl)c1Cl)C(=O)OC. The summed E-state index contributed by atoms with van der Waals surface area (Å²) in [6.07, 6.45) is 1.27. The molecule has 0 fully saturated rings. The van der Waals surface area contributed by atoms with Crippen molar-refractivity contribution in [3.63, 3.8) is 0 Å². The Bertz CT molecular complexity index is 491. The van der Waals surface area contributed by atoms with Crippen LogP contribution in [0.4, 0.5) is 0 Å². The van der Waals surface area contributed by atoms with Gasteiger partial charge in [0.25, 0.3) is 0 Å². The van der Waals surface area contributed by atoms with Crippen molar-refractivity contribution in [1.29, 1.82) is 0 Å². The van der Waals surface area contributed by atoms with Gasteiger partial charge in [-0.05, 0) is 17.7 Å². The first-order valence-corrected chi connectivity index (χ1v) is 5.59. The first-order chi connectivity index (χ1) is 8.51. The molecule has 0 amide bonds. The van der Waals surface area contributed by atoms with Crippen LogP contribution >= 0.6 is 23.2 Å². The first-order valence-electron chi connectivity index (χ1n) is 4.83. The monoisotopic (exact) mass is 288 g/mol. The third-order valence-electron chi connectivity index (χ3n) is 2.09. The summed E-state index contributed by atoms with van der Waals surface area (Å²) in [7, 11) is 2.33. The summed E-state index contributed by atoms with van der Waals surface area (Å²) in [6, 6.07) is 4.85. The van der Waals surface area contributed by atoms with Gasteiger partial charge >= 0.3 is 11.9 Å². The first kappa shape index (κ1) is 14.5. The highest BCUT2D eigenvalue weighted by atomic mass is 35.5. The molecule has 18 heavy (non-hydrogen) atoms. The molecule has 0 heterocycles. The zero-order chi connectivity index (χ0) is 13.7. The van der Waals surface area contributed by atoms with Gasteiger partial charge in [0.05, 0.1) is 24.3 Å². The van der Waals surface area contributed by atoms with Gasteiger partial charge in [-0.15, -0.1) is 0 Å². The summed E-state index contributed by atoms with van der Waals surface area (Å²) in [4.78, 5) is 22.9. The van der Waals surface area contributed by atoms with Crippen molar-refractivity contribution in [2.75, 3.05) is 14.2 Å². The lowest BCUT2D eigenvalue weighted by Crippen LogP contribution is -2.15. The highest BCUT2D eigenvalue weighted by molar-refractivity contribution is 6.43. The van der Waals surface area contributed by atoms with Crippen LogP contribution in [0.25, 0.3) is 6.08 Å². The van der Waals surface area contributed by atoms with Crippen molar-refractivity contribution < 1.29 is 19.1 Å². The molecule has 1 rings (SSSR count). The average Bonchev–Trinajstić information content (AvgIpc) is 2.38. The number of methoxy groups -OCH3 is 2. The van der Waals surface area contributed by atoms with E-state index >= 15 is 0 Å². The van der Waals surface area contributed by atoms with Gasteiger partial charge in [0.1, 0.15) is 5.57 Å². The zero-order valence-electron chi connectivity index (χ0n) is 9.70. The van der Waals surface area contributed by atoms with Gasteiger partial charge in [-0.1, -0.05) is 35.3 Å². The summed E-state index contributed by atoms with van der Waals surface area (Å²) in [5, 5.41) is 0.559. The third kappa shape index (κ3) is 3.24. The van der Waals surface area contributed by atoms with Crippen molar-refractivity contribution in [3.05, 3.63) is 39.4 Å². The molecule has 96 valence electrons. The summed E-state index contributed by atoms with van der Waals surface area (Å²) < 4.78 is 8.99. The number of esters is 2. The van der Waals surface area contributed by atoms with E-state index in [0.717, 1.165) is 0 Å². The van der Waals surface area contributed by atoms with Crippen LogP contribution in [0.15, 0.2) is 23.8 Å². The van der Waals surface area contributed by atoms with Crippen LogP contribution in [0.1, 0.15) is 5.56 Å². The molecule has 0 unspecified atom stereocenters. The van der Waals surface area contributed by atoms with Crippen molar-refractivity contribution in [3.8, 4) is 0 Å². The van der Waals surface area contributed by atoms with Crippen LogP contribution in [0.5, 0.6) is 0 Å². The third-order valence-corrected chi connectivity index (χ3v) is 2.93. The van der Waals surface area contributed by atoms with Crippen LogP contribution < -0.4 is 0 Å². The molecule has 1 aromatic rings. The number of ether oxygens (including phenoxy) is 2. The quantitative estimate of drug-likeness (QED) is 0.371. The van der Waals surface area contributed by atoms with Gasteiger partial charge in [-0.25, -0.2) is 9.59 Å². The fourth-order valence-corrected chi connectivity index (χ4v) is 1.57. The van der Waals surface area contributed by atoms with E-state index in [0.29, 0.717) is 10.6 Å². The molecule has 0 bridgehead atoms. The molecule has 0 aliphatic rings. The Morgan fingerprint density at radius 1 is 1.11 bits per heavy atom. The van der Waals surface area contributed by atoms with Crippen LogP contribution in [-0.4, -0.2) is 26.2 Å². The minimum Gasteiger partial charge on any atom is -0.465 e. The maximum Gasteiger partial charge on any atom is 0.345 e. The average molecular weight is 289 g/mol. The highest BCUT2D eigenvalue weighted by Gasteiger charge is 2.20. The number of benzene rings is 1. The molecule has 0 spiro atoms. The lowest BCUT2D eigenvalue weighted by Gasteiger charge is -2.05. The largest absolute Gasteiger partial charge is 0.465 e. The second kappa shape index (κ2) is 6.42. The maximum atomic E-state index is 11.4. The fourth-order valence-electron chi connectivity index (χ4n) is 1.21. The van der Waals surface area contributed by atoms with Crippen molar-refractivity contribution in [2.24, 2.45) is 0 Å². The number of carbonyl (C=O) groups is 2. The Morgan fingerprint density at radius 3 is 2.17 bits per heavy atom. The van der Waals surface area contributed by atoms with E-state index in [-0.39, 0.29) is 10.6 Å². The molecule has 0 N–H and O–H groups in total. The molecule has 0 atom stereocenters. The normalized spacial score (nSPS) is 9.56. The lowest BCUT2D eigenvalue weighted by molar-refractivity contribution is -0.143. The van der Waals surface area contributed by atoms with Crippen molar-refractivity contribution in [1.82, 2.24) is 0 Å². The standard InChI is InChI=1S/C12H10Cl2O4/c1-17-11(15)8(12(16)18-2)6-7-4-3-5-9(13)10(7)14/h3-6H,1-2H3. The number of hydrogen-bond acceptors (Lipinski definition) is 4. The summed E-state index contributed by atoms with van der Waals surface area (Å²) >= 11 is 11.8. The lowest BCUT2D eigenvalue weighted by atomic mass is 10.1. The molecule has 6 heteroatoms. The number of carbonyl (C=O) groups excluding carboxylic acids is 2. The molecule has 4 nitrogen and oxygen atoms in total. The predicted octanol–water partition coefficient (Wildman–Crippen LogP) is 2.72. The minimum atomic E-state index is -0.808. The summed E-state index contributed by atoms with van der Waals surface area (Å²) in [6.45, 7) is 0. The topological polar surface area (TPSA) is 52.6 Å². The van der Waals surface area contributed by atoms with E-state index in [1.54, 1.807) is 18.2 Å². The van der Waals surface area contributed by atoms with Gasteiger partial charge in [-0.2, -0.15) is 0 Å². The molecule has 0 saturated heterocycles. The maximum absolute atomic E-state index is 11.4. The van der Waals surface area contributed by atoms with Gasteiger partial charge in [-0.3, -0.25) is 0 Å². The Hall–Kier alpha value is -1.52. The number of halogens is 2. The second-order valence-electron chi connectivity index (χ2n) is 3.18. The van der Waals surface area contributed by atoms with Gasteiger partial charge in [0, 0.05) is 0 Å². The number of rotatable bonds is 3. The van der Waals surface area contributed by atoms with Crippen LogP contribution in [0.2, 0.25) is 10.0 Å². The van der Waals surface area contributed by atoms with Crippen molar-refractivity contribution >= 4 is 41.2 Å². The van der Waals surface area contributed by atoms with Gasteiger partial charge in [0.2, 0.25) is 0 Å². The predicted molar refractivity (Wildman–Crippen MR) is 68.5 cm³/mol. The molecular formula is C12H10Cl2O4. The number of hydrogen-bond donors (Lipinski definition) is 0. The van der Waals surface area contributed by atoms with E-state index in [4.69, 9.17) is 23.2 Å². The second-order valence-corrected chi connectivity index (χ2v) is 3.97. The smallest absolute Gasteiger partial charge is 0.345 e. The highest BCUT2D eigenvalue weighted by Crippen LogP contribution is 2.27. The molecule has 0 saturated carbocycles. The van der Waals surface area contributed by atoms with E-state index in [9.17, 15) is 9.59 Å². The summed E-state index contributed by atoms with van der Waals surface area (Å²) in [5.74, 6) is -1.62. The molecule has 0 aliphatic heterocycles. The Labute approximate surface area is 114 Å². The van der Waals surface area contributed by atoms with Crippen LogP contribution in [-0.2, 0) is 19.1 Å². The van der Waals surface area contributed by atoms with Crippen LogP contribution in [0.3, 0.4) is 0 Å². The Morgan fingerprint density at radius 2 is 1.67 bits per heavy atom. The van der Waals surface area contributed by atoms with E-state index in [2.05, 4.69) is 9.47 Å². The summed E-state index contributed by atoms with van der Waals surface area (Å²) in [5.41, 5.74) is 0.166.